The van der Waals surface area contributed by atoms with Gasteiger partial charge in [0.1, 0.15) is 11.6 Å². The highest BCUT2D eigenvalue weighted by Crippen LogP contribution is 2.46. The Bertz CT molecular complexity index is 381. The number of nitrogens with zero attached hydrogens (tertiary/aromatic N) is 1. The first kappa shape index (κ1) is 14.1. The highest BCUT2D eigenvalue weighted by atomic mass is 16.6. The van der Waals surface area contributed by atoms with Crippen molar-refractivity contribution in [1.29, 1.82) is 0 Å². The van der Waals surface area contributed by atoms with Gasteiger partial charge in [-0.05, 0) is 33.6 Å². The molecule has 2 aliphatic heterocycles. The molecule has 0 aliphatic carbocycles. The molecule has 0 aromatic carbocycles. The summed E-state index contributed by atoms with van der Waals surface area (Å²) >= 11 is 0. The first-order valence-corrected chi connectivity index (χ1v) is 6.55. The molecule has 2 aliphatic rings. The van der Waals surface area contributed by atoms with E-state index in [4.69, 9.17) is 9.47 Å². The molecule has 1 atom stereocenters. The van der Waals surface area contributed by atoms with Crippen molar-refractivity contribution in [2.45, 2.75) is 45.3 Å². The molecule has 1 amide bonds. The number of ether oxygens (including phenoxy) is 2. The highest BCUT2D eigenvalue weighted by Gasteiger charge is 2.59. The van der Waals surface area contributed by atoms with Crippen LogP contribution in [0.4, 0.5) is 4.79 Å². The molecule has 6 nitrogen and oxygen atoms in total. The lowest BCUT2D eigenvalue weighted by Gasteiger charge is -2.56. The zero-order valence-electron chi connectivity index (χ0n) is 11.6. The molecular formula is C13H21NO5. The third kappa shape index (κ3) is 2.68. The molecule has 0 radical (unpaired) electrons. The van der Waals surface area contributed by atoms with Crippen LogP contribution in [0.5, 0.6) is 0 Å². The molecule has 2 rings (SSSR count). The molecule has 0 bridgehead atoms. The number of carbonyl (C=O) groups excluding carboxylic acids is 1. The molecule has 19 heavy (non-hydrogen) atoms. The van der Waals surface area contributed by atoms with Crippen molar-refractivity contribution in [3.05, 3.63) is 0 Å². The Morgan fingerprint density at radius 2 is 1.89 bits per heavy atom. The SMILES string of the molecule is CC(C)(C)OC(=O)N1CC2(CCOCC2)C1C(=O)O. The fourth-order valence-corrected chi connectivity index (χ4v) is 2.83. The molecule has 0 aromatic heterocycles. The summed E-state index contributed by atoms with van der Waals surface area (Å²) in [5, 5.41) is 9.38. The third-order valence-corrected chi connectivity index (χ3v) is 3.73. The number of carboxylic acids is 1. The van der Waals surface area contributed by atoms with Crippen LogP contribution < -0.4 is 0 Å². The molecule has 2 saturated heterocycles. The number of carboxylic acid groups (broad SMARTS) is 1. The maximum Gasteiger partial charge on any atom is 0.411 e. The maximum atomic E-state index is 12.0. The lowest BCUT2D eigenvalue weighted by atomic mass is 9.66. The van der Waals surface area contributed by atoms with E-state index < -0.39 is 23.7 Å². The van der Waals surface area contributed by atoms with Gasteiger partial charge in [0.05, 0.1) is 0 Å². The second-order valence-electron chi connectivity index (χ2n) is 6.32. The summed E-state index contributed by atoms with van der Waals surface area (Å²) in [6, 6.07) is -0.786. The normalized spacial score (nSPS) is 25.8. The van der Waals surface area contributed by atoms with Crippen LogP contribution in [0.3, 0.4) is 0 Å². The average Bonchev–Trinajstić information content (AvgIpc) is 2.24. The van der Waals surface area contributed by atoms with E-state index in [2.05, 4.69) is 0 Å². The van der Waals surface area contributed by atoms with Crippen molar-refractivity contribution in [2.75, 3.05) is 19.8 Å². The van der Waals surface area contributed by atoms with Gasteiger partial charge >= 0.3 is 12.1 Å². The molecule has 0 aromatic rings. The van der Waals surface area contributed by atoms with Crippen LogP contribution in [0.15, 0.2) is 0 Å². The van der Waals surface area contributed by atoms with Gasteiger partial charge in [-0.25, -0.2) is 9.59 Å². The number of likely N-dealkylation sites (tertiary alicyclic amines) is 1. The third-order valence-electron chi connectivity index (χ3n) is 3.73. The van der Waals surface area contributed by atoms with Gasteiger partial charge in [0.2, 0.25) is 0 Å². The fraction of sp³-hybridized carbons (Fsp3) is 0.846. The molecule has 108 valence electrons. The summed E-state index contributed by atoms with van der Waals surface area (Å²) in [6.45, 7) is 6.88. The first-order valence-electron chi connectivity index (χ1n) is 6.55. The van der Waals surface area contributed by atoms with E-state index in [-0.39, 0.29) is 5.41 Å². The van der Waals surface area contributed by atoms with Gasteiger partial charge in [-0.3, -0.25) is 4.90 Å². The average molecular weight is 271 g/mol. The number of rotatable bonds is 1. The summed E-state index contributed by atoms with van der Waals surface area (Å²) in [5.41, 5.74) is -0.945. The topological polar surface area (TPSA) is 76.1 Å². The van der Waals surface area contributed by atoms with Crippen molar-refractivity contribution >= 4 is 12.1 Å². The number of hydrogen-bond acceptors (Lipinski definition) is 4. The zero-order chi connectivity index (χ0) is 14.3. The predicted molar refractivity (Wildman–Crippen MR) is 66.8 cm³/mol. The van der Waals surface area contributed by atoms with E-state index in [0.717, 1.165) is 0 Å². The zero-order valence-corrected chi connectivity index (χ0v) is 11.6. The van der Waals surface area contributed by atoms with Gasteiger partial charge < -0.3 is 14.6 Å². The van der Waals surface area contributed by atoms with Crippen LogP contribution in [-0.2, 0) is 14.3 Å². The van der Waals surface area contributed by atoms with Gasteiger partial charge in [0, 0.05) is 25.2 Å². The summed E-state index contributed by atoms with van der Waals surface area (Å²) < 4.78 is 10.5. The minimum atomic E-state index is -0.959. The fourth-order valence-electron chi connectivity index (χ4n) is 2.83. The van der Waals surface area contributed by atoms with Crippen molar-refractivity contribution in [1.82, 2.24) is 4.90 Å². The Morgan fingerprint density at radius 3 is 2.37 bits per heavy atom. The van der Waals surface area contributed by atoms with Crippen molar-refractivity contribution in [3.8, 4) is 0 Å². The minimum Gasteiger partial charge on any atom is -0.480 e. The number of hydrogen-bond donors (Lipinski definition) is 1. The van der Waals surface area contributed by atoms with Crippen molar-refractivity contribution in [3.63, 3.8) is 0 Å². The van der Waals surface area contributed by atoms with E-state index in [1.807, 2.05) is 0 Å². The van der Waals surface area contributed by atoms with Crippen LogP contribution >= 0.6 is 0 Å². The molecule has 1 unspecified atom stereocenters. The standard InChI is InChI=1S/C13H21NO5/c1-12(2,3)19-11(17)14-8-13(9(14)10(15)16)4-6-18-7-5-13/h9H,4-8H2,1-3H3,(H,15,16). The minimum absolute atomic E-state index is 0.332. The molecule has 1 spiro atoms. The summed E-state index contributed by atoms with van der Waals surface area (Å²) in [5.74, 6) is -0.959. The second kappa shape index (κ2) is 4.67. The van der Waals surface area contributed by atoms with Crippen molar-refractivity contribution in [2.24, 2.45) is 5.41 Å². The summed E-state index contributed by atoms with van der Waals surface area (Å²) in [7, 11) is 0. The smallest absolute Gasteiger partial charge is 0.411 e. The Kier molecular flexibility index (Phi) is 3.47. The first-order chi connectivity index (χ1) is 8.75. The van der Waals surface area contributed by atoms with Gasteiger partial charge in [-0.15, -0.1) is 0 Å². The second-order valence-corrected chi connectivity index (χ2v) is 6.32. The van der Waals surface area contributed by atoms with Crippen LogP contribution in [0, 0.1) is 5.41 Å². The van der Waals surface area contributed by atoms with E-state index in [9.17, 15) is 14.7 Å². The number of aliphatic carboxylic acids is 1. The summed E-state index contributed by atoms with van der Waals surface area (Å²) in [6.07, 6.45) is 0.823. The monoisotopic (exact) mass is 271 g/mol. The largest absolute Gasteiger partial charge is 0.480 e. The Morgan fingerprint density at radius 1 is 1.32 bits per heavy atom. The van der Waals surface area contributed by atoms with Crippen LogP contribution in [0.25, 0.3) is 0 Å². The van der Waals surface area contributed by atoms with E-state index in [1.54, 1.807) is 20.8 Å². The van der Waals surface area contributed by atoms with Crippen LogP contribution in [-0.4, -0.2) is 53.5 Å². The molecule has 1 N–H and O–H groups in total. The quantitative estimate of drug-likeness (QED) is 0.782. The van der Waals surface area contributed by atoms with Gasteiger partial charge in [-0.2, -0.15) is 0 Å². The maximum absolute atomic E-state index is 12.0. The van der Waals surface area contributed by atoms with Crippen LogP contribution in [0.2, 0.25) is 0 Å². The van der Waals surface area contributed by atoms with Crippen LogP contribution in [0.1, 0.15) is 33.6 Å². The molecular weight excluding hydrogens is 250 g/mol. The Hall–Kier alpha value is -1.30. The number of amides is 1. The lowest BCUT2D eigenvalue weighted by molar-refractivity contribution is -0.174. The van der Waals surface area contributed by atoms with E-state index in [1.165, 1.54) is 4.90 Å². The van der Waals surface area contributed by atoms with E-state index >= 15 is 0 Å². The lowest BCUT2D eigenvalue weighted by Crippen LogP contribution is -2.70. The van der Waals surface area contributed by atoms with Gasteiger partial charge in [0.15, 0.2) is 0 Å². The van der Waals surface area contributed by atoms with Gasteiger partial charge in [0.25, 0.3) is 0 Å². The molecule has 2 heterocycles. The Labute approximate surface area is 112 Å². The van der Waals surface area contributed by atoms with E-state index in [0.29, 0.717) is 32.6 Å². The molecule has 6 heteroatoms. The van der Waals surface area contributed by atoms with Crippen molar-refractivity contribution < 1.29 is 24.2 Å². The molecule has 0 saturated carbocycles. The molecule has 2 fully saturated rings. The highest BCUT2D eigenvalue weighted by molar-refractivity contribution is 5.83. The summed E-state index contributed by atoms with van der Waals surface area (Å²) in [4.78, 5) is 24.8. The van der Waals surface area contributed by atoms with Gasteiger partial charge in [-0.1, -0.05) is 0 Å². The Balaban J connectivity index is 2.08. The predicted octanol–water partition coefficient (Wildman–Crippen LogP) is 1.49. The number of carbonyl (C=O) groups is 2.